The minimum atomic E-state index is -0.353. The first-order valence-electron chi connectivity index (χ1n) is 6.99. The third-order valence-electron chi connectivity index (χ3n) is 3.10. The number of anilines is 1. The molecule has 0 aliphatic rings. The third kappa shape index (κ3) is 4.04. The first kappa shape index (κ1) is 15.5. The highest BCUT2D eigenvalue weighted by atomic mass is 32.1. The molecule has 7 heteroatoms. The van der Waals surface area contributed by atoms with Gasteiger partial charge in [-0.1, -0.05) is 0 Å². The van der Waals surface area contributed by atoms with Crippen molar-refractivity contribution in [2.75, 3.05) is 18.5 Å². The Hall–Kier alpha value is -1.89. The first-order valence-corrected chi connectivity index (χ1v) is 7.80. The molecule has 6 nitrogen and oxygen atoms in total. The highest BCUT2D eigenvalue weighted by molar-refractivity contribution is 7.15. The van der Waals surface area contributed by atoms with Gasteiger partial charge in [-0.25, -0.2) is 9.78 Å². The fraction of sp³-hybridized carbons (Fsp3) is 0.500. The average Bonchev–Trinajstić information content (AvgIpc) is 3.01. The zero-order valence-corrected chi connectivity index (χ0v) is 13.3. The Balaban J connectivity index is 1.82. The summed E-state index contributed by atoms with van der Waals surface area (Å²) in [5, 5.41) is 11.0. The molecule has 2 aromatic rings. The smallest absolute Gasteiger partial charge is 0.358 e. The van der Waals surface area contributed by atoms with Gasteiger partial charge in [-0.3, -0.25) is 5.10 Å². The van der Waals surface area contributed by atoms with Gasteiger partial charge in [0.25, 0.3) is 0 Å². The lowest BCUT2D eigenvalue weighted by Crippen LogP contribution is -2.07. The van der Waals surface area contributed by atoms with Crippen molar-refractivity contribution in [1.82, 2.24) is 15.2 Å². The van der Waals surface area contributed by atoms with Gasteiger partial charge in [0.15, 0.2) is 10.8 Å². The molecule has 0 saturated carbocycles. The van der Waals surface area contributed by atoms with Gasteiger partial charge in [0.05, 0.1) is 12.8 Å². The number of aromatic nitrogens is 3. The summed E-state index contributed by atoms with van der Waals surface area (Å²) >= 11 is 1.48. The fourth-order valence-electron chi connectivity index (χ4n) is 1.96. The van der Waals surface area contributed by atoms with Crippen LogP contribution in [-0.4, -0.2) is 34.3 Å². The molecule has 0 spiro atoms. The highest BCUT2D eigenvalue weighted by Crippen LogP contribution is 2.22. The molecule has 0 radical (unpaired) electrons. The Morgan fingerprint density at radius 1 is 1.48 bits per heavy atom. The standard InChI is InChI=1S/C14H20N4O2S/c1-4-20-13(19)12-10(3)21-14(17-12)15-7-5-6-11-8-16-18-9(11)2/h8H,4-7H2,1-3H3,(H,15,17)(H,16,18). The van der Waals surface area contributed by atoms with Crippen LogP contribution in [0.3, 0.4) is 0 Å². The van der Waals surface area contributed by atoms with E-state index in [-0.39, 0.29) is 5.97 Å². The maximum Gasteiger partial charge on any atom is 0.358 e. The molecule has 0 aromatic carbocycles. The van der Waals surface area contributed by atoms with Crippen molar-refractivity contribution in [3.8, 4) is 0 Å². The van der Waals surface area contributed by atoms with Gasteiger partial charge < -0.3 is 10.1 Å². The monoisotopic (exact) mass is 308 g/mol. The van der Waals surface area contributed by atoms with Crippen molar-refractivity contribution in [3.05, 3.63) is 28.0 Å². The summed E-state index contributed by atoms with van der Waals surface area (Å²) in [5.41, 5.74) is 2.76. The second-order valence-electron chi connectivity index (χ2n) is 4.69. The Kier molecular flexibility index (Phi) is 5.32. The van der Waals surface area contributed by atoms with E-state index in [2.05, 4.69) is 20.5 Å². The molecule has 2 heterocycles. The molecular formula is C14H20N4O2S. The number of hydrogen-bond acceptors (Lipinski definition) is 6. The fourth-order valence-corrected chi connectivity index (χ4v) is 2.79. The van der Waals surface area contributed by atoms with Crippen LogP contribution in [-0.2, 0) is 11.2 Å². The minimum Gasteiger partial charge on any atom is -0.461 e. The van der Waals surface area contributed by atoms with Crippen LogP contribution in [0.15, 0.2) is 6.20 Å². The van der Waals surface area contributed by atoms with E-state index in [0.717, 1.165) is 35.1 Å². The lowest BCUT2D eigenvalue weighted by atomic mass is 10.1. The molecule has 2 rings (SSSR count). The van der Waals surface area contributed by atoms with E-state index >= 15 is 0 Å². The van der Waals surface area contributed by atoms with Crippen LogP contribution in [0.25, 0.3) is 0 Å². The Morgan fingerprint density at radius 3 is 2.95 bits per heavy atom. The van der Waals surface area contributed by atoms with Gasteiger partial charge in [0, 0.05) is 17.1 Å². The number of nitrogens with one attached hydrogen (secondary N) is 2. The van der Waals surface area contributed by atoms with Crippen molar-refractivity contribution in [3.63, 3.8) is 0 Å². The van der Waals surface area contributed by atoms with Gasteiger partial charge in [0.2, 0.25) is 0 Å². The van der Waals surface area contributed by atoms with Gasteiger partial charge in [-0.15, -0.1) is 11.3 Å². The van der Waals surface area contributed by atoms with Crippen LogP contribution < -0.4 is 5.32 Å². The number of H-pyrrole nitrogens is 1. The van der Waals surface area contributed by atoms with Gasteiger partial charge in [0.1, 0.15) is 0 Å². The lowest BCUT2D eigenvalue weighted by Gasteiger charge is -2.02. The summed E-state index contributed by atoms with van der Waals surface area (Å²) in [6, 6.07) is 0. The predicted molar refractivity (Wildman–Crippen MR) is 82.9 cm³/mol. The van der Waals surface area contributed by atoms with Crippen LogP contribution in [0.5, 0.6) is 0 Å². The molecule has 2 N–H and O–H groups in total. The summed E-state index contributed by atoms with van der Waals surface area (Å²) in [6.45, 7) is 6.86. The van der Waals surface area contributed by atoms with E-state index < -0.39 is 0 Å². The number of esters is 1. The van der Waals surface area contributed by atoms with E-state index in [9.17, 15) is 4.79 Å². The molecular weight excluding hydrogens is 288 g/mol. The number of ether oxygens (including phenoxy) is 1. The highest BCUT2D eigenvalue weighted by Gasteiger charge is 2.16. The Morgan fingerprint density at radius 2 is 2.29 bits per heavy atom. The van der Waals surface area contributed by atoms with Crippen LogP contribution in [0.1, 0.15) is 40.0 Å². The average molecular weight is 308 g/mol. The van der Waals surface area contributed by atoms with Gasteiger partial charge in [-0.2, -0.15) is 5.10 Å². The zero-order chi connectivity index (χ0) is 15.2. The summed E-state index contributed by atoms with van der Waals surface area (Å²) < 4.78 is 4.98. The van der Waals surface area contributed by atoms with Crippen molar-refractivity contribution >= 4 is 22.4 Å². The maximum absolute atomic E-state index is 11.7. The van der Waals surface area contributed by atoms with Gasteiger partial charge >= 0.3 is 5.97 Å². The van der Waals surface area contributed by atoms with Crippen LogP contribution in [0.4, 0.5) is 5.13 Å². The molecule has 0 bridgehead atoms. The quantitative estimate of drug-likeness (QED) is 0.607. The second-order valence-corrected chi connectivity index (χ2v) is 5.90. The number of carbonyl (C=O) groups is 1. The SMILES string of the molecule is CCOC(=O)c1nc(NCCCc2cn[nH]c2C)sc1C. The van der Waals surface area contributed by atoms with E-state index in [1.807, 2.05) is 20.0 Å². The molecule has 0 saturated heterocycles. The number of aryl methyl sites for hydroxylation is 3. The Labute approximate surface area is 127 Å². The number of carbonyl (C=O) groups excluding carboxylic acids is 1. The van der Waals surface area contributed by atoms with Crippen molar-refractivity contribution in [2.24, 2.45) is 0 Å². The van der Waals surface area contributed by atoms with Crippen molar-refractivity contribution in [1.29, 1.82) is 0 Å². The normalized spacial score (nSPS) is 10.6. The summed E-state index contributed by atoms with van der Waals surface area (Å²) in [7, 11) is 0. The molecule has 0 unspecified atom stereocenters. The molecule has 114 valence electrons. The van der Waals surface area contributed by atoms with E-state index in [0.29, 0.717) is 12.3 Å². The molecule has 2 aromatic heterocycles. The van der Waals surface area contributed by atoms with Crippen molar-refractivity contribution < 1.29 is 9.53 Å². The van der Waals surface area contributed by atoms with E-state index in [4.69, 9.17) is 4.74 Å². The molecule has 21 heavy (non-hydrogen) atoms. The largest absolute Gasteiger partial charge is 0.461 e. The summed E-state index contributed by atoms with van der Waals surface area (Å²) in [6.07, 6.45) is 3.81. The molecule has 0 fully saturated rings. The molecule has 0 amide bonds. The number of thiazole rings is 1. The van der Waals surface area contributed by atoms with Crippen LogP contribution in [0, 0.1) is 13.8 Å². The topological polar surface area (TPSA) is 79.9 Å². The molecule has 0 atom stereocenters. The van der Waals surface area contributed by atoms with Crippen molar-refractivity contribution in [2.45, 2.75) is 33.6 Å². The first-order chi connectivity index (χ1) is 10.1. The van der Waals surface area contributed by atoms with Crippen LogP contribution in [0.2, 0.25) is 0 Å². The Bertz CT molecular complexity index is 606. The number of rotatable bonds is 7. The zero-order valence-electron chi connectivity index (χ0n) is 12.5. The summed E-state index contributed by atoms with van der Waals surface area (Å²) in [5.74, 6) is -0.353. The maximum atomic E-state index is 11.7. The minimum absolute atomic E-state index is 0.353. The predicted octanol–water partition coefficient (Wildman–Crippen LogP) is 2.70. The second kappa shape index (κ2) is 7.21. The number of nitrogens with zero attached hydrogens (tertiary/aromatic N) is 2. The lowest BCUT2D eigenvalue weighted by molar-refractivity contribution is 0.0519. The molecule has 0 aliphatic heterocycles. The van der Waals surface area contributed by atoms with Gasteiger partial charge in [-0.05, 0) is 39.2 Å². The van der Waals surface area contributed by atoms with Crippen LogP contribution >= 0.6 is 11.3 Å². The number of aromatic amines is 1. The van der Waals surface area contributed by atoms with E-state index in [1.54, 1.807) is 6.92 Å². The summed E-state index contributed by atoms with van der Waals surface area (Å²) in [4.78, 5) is 16.9. The third-order valence-corrected chi connectivity index (χ3v) is 4.03. The van der Waals surface area contributed by atoms with E-state index in [1.165, 1.54) is 16.9 Å². The molecule has 0 aliphatic carbocycles. The number of hydrogen-bond donors (Lipinski definition) is 2.